The second-order valence-electron chi connectivity index (χ2n) is 7.14. The molecule has 2 amide bonds. The molecule has 32 heavy (non-hydrogen) atoms. The fourth-order valence-corrected chi connectivity index (χ4v) is 3.11. The van der Waals surface area contributed by atoms with Crippen molar-refractivity contribution in [1.82, 2.24) is 20.6 Å². The number of amides is 2. The molecular weight excluding hydrogens is 439 g/mol. The number of nitrogens with one attached hydrogen (secondary N) is 2. The Morgan fingerprint density at radius 1 is 1.09 bits per heavy atom. The largest absolute Gasteiger partial charge is 0.456 e. The van der Waals surface area contributed by atoms with E-state index in [1.165, 1.54) is 30.9 Å². The molecule has 0 radical (unpaired) electrons. The lowest BCUT2D eigenvalue weighted by atomic mass is 10.2. The molecule has 0 aliphatic heterocycles. The summed E-state index contributed by atoms with van der Waals surface area (Å²) in [7, 11) is 0. The summed E-state index contributed by atoms with van der Waals surface area (Å²) in [5.41, 5.74) is -0.805. The van der Waals surface area contributed by atoms with Gasteiger partial charge in [0.1, 0.15) is 29.2 Å². The predicted octanol–water partition coefficient (Wildman–Crippen LogP) is 4.00. The Bertz CT molecular complexity index is 1140. The van der Waals surface area contributed by atoms with Gasteiger partial charge in [-0.1, -0.05) is 29.8 Å². The van der Waals surface area contributed by atoms with Gasteiger partial charge in [0.2, 0.25) is 5.91 Å². The van der Waals surface area contributed by atoms with Crippen LogP contribution >= 0.6 is 11.6 Å². The fraction of sp³-hybridized carbons (Fsp3) is 0.182. The number of benzene rings is 2. The topological polar surface area (TPSA) is 102 Å². The van der Waals surface area contributed by atoms with Crippen molar-refractivity contribution in [2.75, 3.05) is 0 Å². The van der Waals surface area contributed by atoms with E-state index in [9.17, 15) is 14.0 Å². The minimum absolute atomic E-state index is 0.0535. The van der Waals surface area contributed by atoms with Crippen LogP contribution in [-0.4, -0.2) is 27.5 Å². The maximum Gasteiger partial charge on any atom is 0.413 e. The van der Waals surface area contributed by atoms with Gasteiger partial charge in [0, 0.05) is 18.2 Å². The van der Waals surface area contributed by atoms with E-state index in [1.807, 2.05) is 0 Å². The van der Waals surface area contributed by atoms with Crippen molar-refractivity contribution in [1.29, 1.82) is 0 Å². The molecule has 0 bridgehead atoms. The minimum Gasteiger partial charge on any atom is -0.456 e. The highest BCUT2D eigenvalue weighted by Gasteiger charge is 2.51. The first-order chi connectivity index (χ1) is 15.4. The number of hydrogen-bond donors (Lipinski definition) is 2. The van der Waals surface area contributed by atoms with Gasteiger partial charge < -0.3 is 20.1 Å². The van der Waals surface area contributed by atoms with E-state index in [-0.39, 0.29) is 23.6 Å². The second kappa shape index (κ2) is 9.19. The maximum atomic E-state index is 14.5. The number of nitrogens with zero attached hydrogens (tertiary/aromatic N) is 2. The van der Waals surface area contributed by atoms with Crippen LogP contribution in [0.5, 0.6) is 17.2 Å². The van der Waals surface area contributed by atoms with Gasteiger partial charge in [-0.25, -0.2) is 19.2 Å². The van der Waals surface area contributed by atoms with Crippen LogP contribution in [0.15, 0.2) is 61.2 Å². The molecule has 1 aliphatic rings. The Balaban J connectivity index is 1.32. The zero-order chi connectivity index (χ0) is 22.6. The number of hydrogen-bond acceptors (Lipinski definition) is 6. The van der Waals surface area contributed by atoms with E-state index in [2.05, 4.69) is 20.6 Å². The van der Waals surface area contributed by atoms with Gasteiger partial charge in [-0.3, -0.25) is 4.79 Å². The van der Waals surface area contributed by atoms with Crippen LogP contribution in [0.3, 0.4) is 0 Å². The van der Waals surface area contributed by atoms with E-state index < -0.39 is 23.4 Å². The third kappa shape index (κ3) is 5.12. The van der Waals surface area contributed by atoms with Crippen molar-refractivity contribution in [3.63, 3.8) is 0 Å². The average molecular weight is 457 g/mol. The van der Waals surface area contributed by atoms with Gasteiger partial charge in [-0.15, -0.1) is 0 Å². The molecule has 0 spiro atoms. The van der Waals surface area contributed by atoms with E-state index >= 15 is 0 Å². The third-order valence-corrected chi connectivity index (χ3v) is 5.11. The van der Waals surface area contributed by atoms with Crippen molar-refractivity contribution in [2.45, 2.75) is 24.9 Å². The van der Waals surface area contributed by atoms with E-state index in [1.54, 1.807) is 30.3 Å². The van der Waals surface area contributed by atoms with Crippen LogP contribution in [0, 0.1) is 5.82 Å². The van der Waals surface area contributed by atoms with Crippen LogP contribution in [-0.2, 0) is 11.3 Å². The molecule has 1 saturated carbocycles. The van der Waals surface area contributed by atoms with Crippen LogP contribution in [0.25, 0.3) is 0 Å². The van der Waals surface area contributed by atoms with Gasteiger partial charge in [0.05, 0.1) is 17.4 Å². The molecule has 164 valence electrons. The number of carbonyl (C=O) groups excluding carboxylic acids is 2. The molecule has 8 nitrogen and oxygen atoms in total. The van der Waals surface area contributed by atoms with Gasteiger partial charge in [-0.05, 0) is 31.0 Å². The van der Waals surface area contributed by atoms with Crippen LogP contribution < -0.4 is 20.1 Å². The van der Waals surface area contributed by atoms with Gasteiger partial charge >= 0.3 is 6.09 Å². The fourth-order valence-electron chi connectivity index (χ4n) is 2.93. The summed E-state index contributed by atoms with van der Waals surface area (Å²) < 4.78 is 25.2. The molecule has 1 aromatic heterocycles. The van der Waals surface area contributed by atoms with Crippen molar-refractivity contribution in [3.8, 4) is 17.2 Å². The second-order valence-corrected chi connectivity index (χ2v) is 7.55. The van der Waals surface area contributed by atoms with Gasteiger partial charge in [-0.2, -0.15) is 0 Å². The van der Waals surface area contributed by atoms with Gasteiger partial charge in [0.25, 0.3) is 0 Å². The molecule has 2 N–H and O–H groups in total. The van der Waals surface area contributed by atoms with E-state index in [0.717, 1.165) is 0 Å². The quantitative estimate of drug-likeness (QED) is 0.557. The van der Waals surface area contributed by atoms with E-state index in [0.29, 0.717) is 23.6 Å². The predicted molar refractivity (Wildman–Crippen MR) is 113 cm³/mol. The molecule has 0 atom stereocenters. The molecule has 1 aliphatic carbocycles. The first-order valence-corrected chi connectivity index (χ1v) is 10.1. The summed E-state index contributed by atoms with van der Waals surface area (Å²) in [5, 5.41) is 5.61. The van der Waals surface area contributed by atoms with E-state index in [4.69, 9.17) is 21.1 Å². The maximum absolute atomic E-state index is 14.5. The zero-order valence-corrected chi connectivity index (χ0v) is 17.4. The van der Waals surface area contributed by atoms with Crippen molar-refractivity contribution in [3.05, 3.63) is 77.6 Å². The first-order valence-electron chi connectivity index (χ1n) is 9.69. The third-order valence-electron chi connectivity index (χ3n) is 4.80. The lowest BCUT2D eigenvalue weighted by molar-refractivity contribution is -0.124. The molecule has 0 saturated heterocycles. The van der Waals surface area contributed by atoms with Crippen LogP contribution in [0.2, 0.25) is 5.02 Å². The molecule has 1 heterocycles. The number of rotatable bonds is 7. The van der Waals surface area contributed by atoms with Gasteiger partial charge in [0.15, 0.2) is 5.75 Å². The first kappa shape index (κ1) is 21.5. The number of para-hydroxylation sites is 1. The molecule has 0 unspecified atom stereocenters. The SMILES string of the molecule is O=C(NC1(C(=O)NCc2ccc(Oc3ccccc3Cl)cc2F)CC1)Oc1cncnc1. The summed E-state index contributed by atoms with van der Waals surface area (Å²) in [4.78, 5) is 32.1. The number of halogens is 2. The Hall–Kier alpha value is -3.72. The lowest BCUT2D eigenvalue weighted by Crippen LogP contribution is -2.49. The summed E-state index contributed by atoms with van der Waals surface area (Å²) in [5.74, 6) is -0.128. The molecular formula is C22H18ClFN4O4. The molecule has 2 aromatic carbocycles. The standard InChI is InChI=1S/C22H18ClFN4O4/c23-17-3-1-2-4-19(17)31-15-6-5-14(18(24)9-15)10-27-20(29)22(7-8-22)28-21(30)32-16-11-25-13-26-12-16/h1-6,9,11-13H,7-8,10H2,(H,27,29)(H,28,30). The lowest BCUT2D eigenvalue weighted by Gasteiger charge is -2.17. The zero-order valence-electron chi connectivity index (χ0n) is 16.7. The minimum atomic E-state index is -1.07. The monoisotopic (exact) mass is 456 g/mol. The molecule has 1 fully saturated rings. The van der Waals surface area contributed by atoms with Crippen molar-refractivity contribution < 1.29 is 23.5 Å². The smallest absolute Gasteiger partial charge is 0.413 e. The average Bonchev–Trinajstić information content (AvgIpc) is 3.56. The Morgan fingerprint density at radius 2 is 1.84 bits per heavy atom. The number of aromatic nitrogens is 2. The molecule has 3 aromatic rings. The number of carbonyl (C=O) groups is 2. The highest BCUT2D eigenvalue weighted by Crippen LogP contribution is 2.36. The highest BCUT2D eigenvalue weighted by atomic mass is 35.5. The summed E-state index contributed by atoms with van der Waals surface area (Å²) in [6.07, 6.45) is 4.07. The Kier molecular flexibility index (Phi) is 6.18. The summed E-state index contributed by atoms with van der Waals surface area (Å²) in [6, 6.07) is 11.2. The normalized spacial score (nSPS) is 13.7. The molecule has 4 rings (SSSR count). The van der Waals surface area contributed by atoms with Crippen molar-refractivity contribution in [2.24, 2.45) is 0 Å². The van der Waals surface area contributed by atoms with Crippen LogP contribution in [0.4, 0.5) is 9.18 Å². The summed E-state index contributed by atoms with van der Waals surface area (Å²) in [6.45, 7) is -0.0535. The highest BCUT2D eigenvalue weighted by molar-refractivity contribution is 6.32. The Morgan fingerprint density at radius 3 is 2.53 bits per heavy atom. The molecule has 10 heteroatoms. The number of ether oxygens (including phenoxy) is 2. The summed E-state index contributed by atoms with van der Waals surface area (Å²) >= 11 is 6.05. The van der Waals surface area contributed by atoms with Crippen molar-refractivity contribution >= 4 is 23.6 Å². The Labute approximate surface area is 187 Å². The van der Waals surface area contributed by atoms with Crippen LogP contribution in [0.1, 0.15) is 18.4 Å².